The molecule has 0 N–H and O–H groups in total. The number of sulfonamides is 1. The standard InChI is InChI=1S/C19H30N2O3S/c1-6-17(7-2)20(5)19(22)15-12-16-10-13-18(14-11-16)25(23,24)21(8-3)9-4/h10-15,17H,6-9H2,1-5H3/b15-12+. The molecule has 1 amide bonds. The lowest BCUT2D eigenvalue weighted by atomic mass is 10.1. The number of carbonyl (C=O) groups is 1. The van der Waals surface area contributed by atoms with E-state index in [4.69, 9.17) is 0 Å². The normalized spacial score (nSPS) is 12.3. The molecule has 0 aliphatic rings. The van der Waals surface area contributed by atoms with Crippen LogP contribution in [0.3, 0.4) is 0 Å². The average Bonchev–Trinajstić information content (AvgIpc) is 2.61. The third-order valence-electron chi connectivity index (χ3n) is 4.48. The number of rotatable bonds is 9. The topological polar surface area (TPSA) is 57.7 Å². The van der Waals surface area contributed by atoms with Gasteiger partial charge in [0, 0.05) is 32.3 Å². The van der Waals surface area contributed by atoms with Crippen LogP contribution in [0.5, 0.6) is 0 Å². The molecule has 0 spiro atoms. The van der Waals surface area contributed by atoms with Gasteiger partial charge < -0.3 is 4.90 Å². The van der Waals surface area contributed by atoms with E-state index < -0.39 is 10.0 Å². The van der Waals surface area contributed by atoms with Crippen molar-refractivity contribution in [2.75, 3.05) is 20.1 Å². The molecule has 0 saturated heterocycles. The summed E-state index contributed by atoms with van der Waals surface area (Å²) in [6.07, 6.45) is 5.09. The first-order valence-corrected chi connectivity index (χ1v) is 10.3. The van der Waals surface area contributed by atoms with Crippen molar-refractivity contribution in [2.24, 2.45) is 0 Å². The molecule has 0 heterocycles. The maximum absolute atomic E-state index is 12.4. The van der Waals surface area contributed by atoms with Gasteiger partial charge in [0.05, 0.1) is 4.90 Å². The molecule has 25 heavy (non-hydrogen) atoms. The predicted octanol–water partition coefficient (Wildman–Crippen LogP) is 3.38. The molecule has 0 atom stereocenters. The summed E-state index contributed by atoms with van der Waals surface area (Å²) < 4.78 is 26.3. The summed E-state index contributed by atoms with van der Waals surface area (Å²) in [5.74, 6) is -0.0476. The van der Waals surface area contributed by atoms with Crippen molar-refractivity contribution in [1.82, 2.24) is 9.21 Å². The van der Waals surface area contributed by atoms with E-state index in [1.807, 2.05) is 20.9 Å². The molecular weight excluding hydrogens is 336 g/mol. The first-order valence-electron chi connectivity index (χ1n) is 8.86. The van der Waals surface area contributed by atoms with E-state index in [1.165, 1.54) is 10.4 Å². The van der Waals surface area contributed by atoms with E-state index in [-0.39, 0.29) is 16.8 Å². The lowest BCUT2D eigenvalue weighted by molar-refractivity contribution is -0.126. The minimum absolute atomic E-state index is 0.0476. The molecule has 1 rings (SSSR count). The van der Waals surface area contributed by atoms with Crippen molar-refractivity contribution < 1.29 is 13.2 Å². The highest BCUT2D eigenvalue weighted by molar-refractivity contribution is 7.89. The Labute approximate surface area is 152 Å². The fourth-order valence-electron chi connectivity index (χ4n) is 2.76. The van der Waals surface area contributed by atoms with Crippen LogP contribution in [0.15, 0.2) is 35.2 Å². The predicted molar refractivity (Wildman–Crippen MR) is 103 cm³/mol. The zero-order chi connectivity index (χ0) is 19.0. The maximum atomic E-state index is 12.4. The van der Waals surface area contributed by atoms with Crippen molar-refractivity contribution in [3.8, 4) is 0 Å². The third-order valence-corrected chi connectivity index (χ3v) is 6.54. The Hall–Kier alpha value is -1.66. The van der Waals surface area contributed by atoms with E-state index in [9.17, 15) is 13.2 Å². The maximum Gasteiger partial charge on any atom is 0.246 e. The summed E-state index contributed by atoms with van der Waals surface area (Å²) in [5.41, 5.74) is 0.796. The second kappa shape index (κ2) is 9.73. The molecule has 0 aromatic heterocycles. The van der Waals surface area contributed by atoms with Crippen molar-refractivity contribution >= 4 is 22.0 Å². The van der Waals surface area contributed by atoms with Gasteiger partial charge in [0.15, 0.2) is 0 Å². The minimum atomic E-state index is -3.45. The highest BCUT2D eigenvalue weighted by atomic mass is 32.2. The Morgan fingerprint density at radius 2 is 1.56 bits per heavy atom. The van der Waals surface area contributed by atoms with Crippen LogP contribution in [-0.2, 0) is 14.8 Å². The van der Waals surface area contributed by atoms with E-state index in [2.05, 4.69) is 13.8 Å². The van der Waals surface area contributed by atoms with Gasteiger partial charge in [0.1, 0.15) is 0 Å². The Morgan fingerprint density at radius 3 is 2.00 bits per heavy atom. The number of amides is 1. The number of carbonyl (C=O) groups excluding carboxylic acids is 1. The zero-order valence-electron chi connectivity index (χ0n) is 15.9. The molecule has 1 aromatic rings. The fourth-order valence-corrected chi connectivity index (χ4v) is 4.22. The summed E-state index contributed by atoms with van der Waals surface area (Å²) in [4.78, 5) is 14.2. The third kappa shape index (κ3) is 5.41. The van der Waals surface area contributed by atoms with Crippen LogP contribution >= 0.6 is 0 Å². The van der Waals surface area contributed by atoms with E-state index in [0.29, 0.717) is 13.1 Å². The Balaban J connectivity index is 2.89. The van der Waals surface area contributed by atoms with Gasteiger partial charge in [-0.25, -0.2) is 8.42 Å². The monoisotopic (exact) mass is 366 g/mol. The highest BCUT2D eigenvalue weighted by Crippen LogP contribution is 2.17. The van der Waals surface area contributed by atoms with E-state index in [1.54, 1.807) is 35.2 Å². The first kappa shape index (κ1) is 21.4. The van der Waals surface area contributed by atoms with Crippen LogP contribution in [0.2, 0.25) is 0 Å². The van der Waals surface area contributed by atoms with E-state index in [0.717, 1.165) is 18.4 Å². The molecule has 0 unspecified atom stereocenters. The molecule has 0 bridgehead atoms. The van der Waals surface area contributed by atoms with Crippen LogP contribution in [0.4, 0.5) is 0 Å². The molecule has 1 aromatic carbocycles. The van der Waals surface area contributed by atoms with Crippen molar-refractivity contribution in [3.63, 3.8) is 0 Å². The summed E-state index contributed by atoms with van der Waals surface area (Å²) in [5, 5.41) is 0. The summed E-state index contributed by atoms with van der Waals surface area (Å²) >= 11 is 0. The first-order chi connectivity index (χ1) is 11.8. The molecule has 140 valence electrons. The van der Waals surface area contributed by atoms with E-state index >= 15 is 0 Å². The molecule has 0 saturated carbocycles. The Kier molecular flexibility index (Phi) is 8.32. The summed E-state index contributed by atoms with van der Waals surface area (Å²) in [6, 6.07) is 6.85. The largest absolute Gasteiger partial charge is 0.339 e. The zero-order valence-corrected chi connectivity index (χ0v) is 16.7. The summed E-state index contributed by atoms with van der Waals surface area (Å²) in [7, 11) is -1.64. The van der Waals surface area contributed by atoms with Gasteiger partial charge in [-0.15, -0.1) is 0 Å². The van der Waals surface area contributed by atoms with Gasteiger partial charge in [-0.2, -0.15) is 4.31 Å². The molecule has 0 aliphatic carbocycles. The summed E-state index contributed by atoms with van der Waals surface area (Å²) in [6.45, 7) is 8.66. The van der Waals surface area contributed by atoms with Gasteiger partial charge in [-0.05, 0) is 36.6 Å². The minimum Gasteiger partial charge on any atom is -0.339 e. The lowest BCUT2D eigenvalue weighted by Gasteiger charge is -2.24. The molecule has 5 nitrogen and oxygen atoms in total. The SMILES string of the molecule is CCC(CC)N(C)C(=O)/C=C/c1ccc(S(=O)(=O)N(CC)CC)cc1. The number of likely N-dealkylation sites (N-methyl/N-ethyl adjacent to an activating group) is 1. The van der Waals surface area contributed by atoms with Crippen LogP contribution < -0.4 is 0 Å². The quantitative estimate of drug-likeness (QED) is 0.630. The van der Waals surface area contributed by atoms with Crippen LogP contribution in [0.1, 0.15) is 46.1 Å². The van der Waals surface area contributed by atoms with Crippen molar-refractivity contribution in [1.29, 1.82) is 0 Å². The van der Waals surface area contributed by atoms with Crippen LogP contribution in [-0.4, -0.2) is 49.7 Å². The van der Waals surface area contributed by atoms with Gasteiger partial charge in [-0.1, -0.05) is 39.8 Å². The lowest BCUT2D eigenvalue weighted by Crippen LogP contribution is -2.34. The Bertz CT molecular complexity index is 673. The number of nitrogens with zero attached hydrogens (tertiary/aromatic N) is 2. The second-order valence-electron chi connectivity index (χ2n) is 5.91. The molecule has 6 heteroatoms. The fraction of sp³-hybridized carbons (Fsp3) is 0.526. The number of hydrogen-bond donors (Lipinski definition) is 0. The second-order valence-corrected chi connectivity index (χ2v) is 7.85. The Morgan fingerprint density at radius 1 is 1.04 bits per heavy atom. The molecule has 0 aliphatic heterocycles. The molecule has 0 radical (unpaired) electrons. The smallest absolute Gasteiger partial charge is 0.246 e. The van der Waals surface area contributed by atoms with Gasteiger partial charge in [0.25, 0.3) is 0 Å². The average molecular weight is 367 g/mol. The van der Waals surface area contributed by atoms with Gasteiger partial charge in [0.2, 0.25) is 15.9 Å². The van der Waals surface area contributed by atoms with Crippen molar-refractivity contribution in [3.05, 3.63) is 35.9 Å². The van der Waals surface area contributed by atoms with Crippen LogP contribution in [0, 0.1) is 0 Å². The van der Waals surface area contributed by atoms with Crippen LogP contribution in [0.25, 0.3) is 6.08 Å². The molecule has 0 fully saturated rings. The van der Waals surface area contributed by atoms with Gasteiger partial charge in [-0.3, -0.25) is 4.79 Å². The van der Waals surface area contributed by atoms with Crippen molar-refractivity contribution in [2.45, 2.75) is 51.5 Å². The number of hydrogen-bond acceptors (Lipinski definition) is 3. The highest BCUT2D eigenvalue weighted by Gasteiger charge is 2.21. The molecular formula is C19H30N2O3S. The van der Waals surface area contributed by atoms with Gasteiger partial charge >= 0.3 is 0 Å². The number of benzene rings is 1.